The Morgan fingerprint density at radius 2 is 1.56 bits per heavy atom. The molecule has 2 fully saturated rings. The number of hydrogen-bond acceptors (Lipinski definition) is 9. The van der Waals surface area contributed by atoms with E-state index in [4.69, 9.17) is 42.1 Å². The third-order valence-corrected chi connectivity index (χ3v) is 8.54. The third kappa shape index (κ3) is 6.86. The van der Waals surface area contributed by atoms with Gasteiger partial charge in [0.2, 0.25) is 0 Å². The smallest absolute Gasteiger partial charge is 0.144 e. The van der Waals surface area contributed by atoms with Gasteiger partial charge in [0.15, 0.2) is 0 Å². The van der Waals surface area contributed by atoms with E-state index in [9.17, 15) is 0 Å². The number of pyridine rings is 1. The number of benzene rings is 2. The molecule has 0 bridgehead atoms. The molecule has 0 spiro atoms. The van der Waals surface area contributed by atoms with Crippen LogP contribution in [0.3, 0.4) is 0 Å². The molecule has 220 valence electrons. The zero-order chi connectivity index (χ0) is 28.8. The van der Waals surface area contributed by atoms with Crippen LogP contribution in [0.15, 0.2) is 42.6 Å². The summed E-state index contributed by atoms with van der Waals surface area (Å²) in [6, 6.07) is 12.2. The molecule has 2 aromatic carbocycles. The fraction of sp³-hybridized carbons (Fsp3) is 0.433. The second-order valence-electron chi connectivity index (χ2n) is 10.1. The molecule has 0 aliphatic carbocycles. The Kier molecular flexibility index (Phi) is 9.82. The van der Waals surface area contributed by atoms with Crippen molar-refractivity contribution in [2.45, 2.75) is 25.5 Å². The topological polar surface area (TPSA) is 80.3 Å². The molecule has 0 radical (unpaired) electrons. The van der Waals surface area contributed by atoms with Gasteiger partial charge in [-0.05, 0) is 37.1 Å². The third-order valence-electron chi connectivity index (χ3n) is 7.71. The van der Waals surface area contributed by atoms with Gasteiger partial charge < -0.3 is 34.5 Å². The molecule has 5 rings (SSSR count). The van der Waals surface area contributed by atoms with Gasteiger partial charge in [0.1, 0.15) is 35.4 Å². The maximum absolute atomic E-state index is 6.46. The zero-order valence-corrected chi connectivity index (χ0v) is 25.2. The van der Waals surface area contributed by atoms with Gasteiger partial charge in [-0.2, -0.15) is 0 Å². The normalized spacial score (nSPS) is 16.4. The minimum absolute atomic E-state index is 0.130. The highest BCUT2D eigenvalue weighted by molar-refractivity contribution is 6.37. The number of hydrogen-bond donors (Lipinski definition) is 2. The van der Waals surface area contributed by atoms with Crippen LogP contribution in [0, 0.1) is 0 Å². The van der Waals surface area contributed by atoms with Crippen LogP contribution < -0.4 is 34.5 Å². The summed E-state index contributed by atoms with van der Waals surface area (Å²) in [4.78, 5) is 9.58. The van der Waals surface area contributed by atoms with Crippen LogP contribution in [0.4, 0.5) is 17.2 Å². The van der Waals surface area contributed by atoms with Gasteiger partial charge in [0.25, 0.3) is 0 Å². The molecular formula is C30H37Cl2N5O4. The fourth-order valence-corrected chi connectivity index (χ4v) is 6.05. The van der Waals surface area contributed by atoms with Gasteiger partial charge in [-0.15, -0.1) is 0 Å². The van der Waals surface area contributed by atoms with Gasteiger partial charge in [-0.1, -0.05) is 23.2 Å². The van der Waals surface area contributed by atoms with E-state index in [2.05, 4.69) is 37.6 Å². The number of nitrogens with zero attached hydrogens (tertiary/aromatic N) is 3. The number of anilines is 3. The largest absolute Gasteiger partial charge is 0.495 e. The molecule has 1 aromatic heterocycles. The van der Waals surface area contributed by atoms with Crippen molar-refractivity contribution in [1.82, 2.24) is 15.2 Å². The van der Waals surface area contributed by atoms with E-state index in [1.165, 1.54) is 27.1 Å². The van der Waals surface area contributed by atoms with E-state index >= 15 is 0 Å². The number of nitrogens with one attached hydrogen (secondary N) is 2. The van der Waals surface area contributed by atoms with Crippen molar-refractivity contribution in [1.29, 1.82) is 0 Å². The van der Waals surface area contributed by atoms with Gasteiger partial charge in [-0.25, -0.2) is 4.98 Å². The average Bonchev–Trinajstić information content (AvgIpc) is 3.02. The Hall–Kier alpha value is -3.11. The van der Waals surface area contributed by atoms with Crippen LogP contribution in [-0.4, -0.2) is 76.5 Å². The maximum Gasteiger partial charge on any atom is 0.144 e. The first-order chi connectivity index (χ1) is 20.0. The predicted molar refractivity (Wildman–Crippen MR) is 164 cm³/mol. The van der Waals surface area contributed by atoms with Gasteiger partial charge in [0, 0.05) is 68.7 Å². The number of ether oxygens (including phenoxy) is 4. The van der Waals surface area contributed by atoms with Crippen LogP contribution >= 0.6 is 23.2 Å². The number of piperazine rings is 1. The molecule has 9 nitrogen and oxygen atoms in total. The molecular weight excluding hydrogens is 565 g/mol. The highest BCUT2D eigenvalue weighted by Crippen LogP contribution is 2.41. The van der Waals surface area contributed by atoms with Crippen molar-refractivity contribution in [3.05, 3.63) is 58.2 Å². The summed E-state index contributed by atoms with van der Waals surface area (Å²) < 4.78 is 22.4. The minimum atomic E-state index is 0.130. The van der Waals surface area contributed by atoms with Crippen LogP contribution in [0.1, 0.15) is 18.4 Å². The van der Waals surface area contributed by atoms with Crippen LogP contribution in [0.5, 0.6) is 23.0 Å². The van der Waals surface area contributed by atoms with E-state index in [1.54, 1.807) is 19.4 Å². The zero-order valence-electron chi connectivity index (χ0n) is 23.7. The molecule has 0 amide bonds. The summed E-state index contributed by atoms with van der Waals surface area (Å²) >= 11 is 12.9. The Labute approximate surface area is 251 Å². The lowest BCUT2D eigenvalue weighted by Gasteiger charge is -2.41. The van der Waals surface area contributed by atoms with E-state index in [-0.39, 0.29) is 6.61 Å². The molecule has 3 heterocycles. The van der Waals surface area contributed by atoms with Crippen molar-refractivity contribution in [2.24, 2.45) is 0 Å². The lowest BCUT2D eigenvalue weighted by molar-refractivity contribution is 0.150. The number of halogens is 2. The van der Waals surface area contributed by atoms with Crippen molar-refractivity contribution >= 4 is 40.4 Å². The maximum atomic E-state index is 6.46. The highest BCUT2D eigenvalue weighted by Gasteiger charge is 2.27. The summed E-state index contributed by atoms with van der Waals surface area (Å²) in [7, 11) is 4.79. The summed E-state index contributed by atoms with van der Waals surface area (Å²) in [6.45, 7) is 6.67. The van der Waals surface area contributed by atoms with Crippen LogP contribution in [0.25, 0.3) is 0 Å². The summed E-state index contributed by atoms with van der Waals surface area (Å²) in [6.07, 6.45) is 3.99. The second-order valence-corrected chi connectivity index (χ2v) is 10.8. The molecule has 2 aliphatic heterocycles. The monoisotopic (exact) mass is 601 g/mol. The summed E-state index contributed by atoms with van der Waals surface area (Å²) in [5.41, 5.74) is 2.59. The van der Waals surface area contributed by atoms with Crippen LogP contribution in [0.2, 0.25) is 10.0 Å². The van der Waals surface area contributed by atoms with E-state index < -0.39 is 0 Å². The number of rotatable bonds is 10. The van der Waals surface area contributed by atoms with Gasteiger partial charge >= 0.3 is 0 Å². The lowest BCUT2D eigenvalue weighted by Crippen LogP contribution is -2.52. The molecule has 2 aliphatic rings. The van der Waals surface area contributed by atoms with Crippen molar-refractivity contribution < 1.29 is 18.9 Å². The fourth-order valence-electron chi connectivity index (χ4n) is 5.44. The number of methoxy groups -OCH3 is 3. The Morgan fingerprint density at radius 1 is 0.878 bits per heavy atom. The summed E-state index contributed by atoms with van der Waals surface area (Å²) in [5, 5.41) is 7.57. The quantitative estimate of drug-likeness (QED) is 0.308. The van der Waals surface area contributed by atoms with E-state index in [0.717, 1.165) is 56.4 Å². The van der Waals surface area contributed by atoms with E-state index in [1.807, 2.05) is 18.2 Å². The highest BCUT2D eigenvalue weighted by atomic mass is 35.5. The molecule has 3 aromatic rings. The standard InChI is InChI=1S/C30H37Cl2N5O4/c1-38-25-16-20(4-6-24(25)37-12-8-21(9-13-37)36-14-10-33-11-15-36)35-28-7-5-22(18-34-28)41-19-23-29(31)26(39-2)17-27(40-3)30(23)32/h4-7,16-18,21,33H,8-15,19H2,1-3H3,(H,34,35). The Morgan fingerprint density at radius 3 is 2.17 bits per heavy atom. The molecule has 41 heavy (non-hydrogen) atoms. The molecule has 2 saturated heterocycles. The van der Waals surface area contributed by atoms with E-state index in [0.29, 0.717) is 44.7 Å². The Balaban J connectivity index is 1.19. The number of piperidine rings is 1. The van der Waals surface area contributed by atoms with Gasteiger partial charge in [0.05, 0.1) is 43.3 Å². The molecule has 0 atom stereocenters. The second kappa shape index (κ2) is 13.7. The SMILES string of the molecule is COc1cc(Nc2ccc(OCc3c(Cl)c(OC)cc(OC)c3Cl)cn2)ccc1N1CCC(N2CCNCC2)CC1. The molecule has 0 saturated carbocycles. The average molecular weight is 603 g/mol. The molecule has 11 heteroatoms. The van der Waals surface area contributed by atoms with Crippen molar-refractivity contribution in [3.63, 3.8) is 0 Å². The molecule has 2 N–H and O–H groups in total. The lowest BCUT2D eigenvalue weighted by atomic mass is 10.0. The summed E-state index contributed by atoms with van der Waals surface area (Å²) in [5.74, 6) is 3.03. The first-order valence-corrected chi connectivity index (χ1v) is 14.6. The van der Waals surface area contributed by atoms with Gasteiger partial charge in [-0.3, -0.25) is 4.90 Å². The predicted octanol–water partition coefficient (Wildman–Crippen LogP) is 5.61. The Bertz CT molecular complexity index is 1280. The van der Waals surface area contributed by atoms with Crippen molar-refractivity contribution in [3.8, 4) is 23.0 Å². The van der Waals surface area contributed by atoms with Crippen molar-refractivity contribution in [2.75, 3.05) is 70.8 Å². The first-order valence-electron chi connectivity index (χ1n) is 13.8. The molecule has 0 unspecified atom stereocenters. The number of aromatic nitrogens is 1. The minimum Gasteiger partial charge on any atom is -0.495 e. The van der Waals surface area contributed by atoms with Crippen LogP contribution in [-0.2, 0) is 6.61 Å². The first kappa shape index (κ1) is 29.4.